The van der Waals surface area contributed by atoms with E-state index in [0.29, 0.717) is 25.5 Å². The predicted molar refractivity (Wildman–Crippen MR) is 153 cm³/mol. The summed E-state index contributed by atoms with van der Waals surface area (Å²) in [6.07, 6.45) is 2.02. The predicted octanol–water partition coefficient (Wildman–Crippen LogP) is 3.48. The topological polar surface area (TPSA) is 138 Å². The first-order chi connectivity index (χ1) is 20.4. The largest absolute Gasteiger partial charge is 0.483 e. The number of amides is 1. The van der Waals surface area contributed by atoms with Gasteiger partial charge in [0.15, 0.2) is 11.5 Å². The van der Waals surface area contributed by atoms with Gasteiger partial charge >= 0.3 is 7.60 Å². The maximum atomic E-state index is 14.2. The maximum absolute atomic E-state index is 14.2. The number of nitrogens with zero attached hydrogens (tertiary/aromatic N) is 2. The molecule has 0 aliphatic carbocycles. The molecule has 2 atom stereocenters. The summed E-state index contributed by atoms with van der Waals surface area (Å²) in [6, 6.07) is 11.5. The molecule has 1 aromatic heterocycles. The molecule has 3 heterocycles. The number of likely N-dealkylation sites (tertiary alicyclic amines) is 1. The summed E-state index contributed by atoms with van der Waals surface area (Å²) >= 11 is 0. The Labute approximate surface area is 246 Å². The van der Waals surface area contributed by atoms with Crippen molar-refractivity contribution in [2.75, 3.05) is 19.3 Å². The summed E-state index contributed by atoms with van der Waals surface area (Å²) in [6.45, 7) is 2.18. The minimum atomic E-state index is -4.29. The molecule has 3 aromatic rings. The van der Waals surface area contributed by atoms with E-state index in [2.05, 4.69) is 5.32 Å². The van der Waals surface area contributed by atoms with Crippen LogP contribution in [0.2, 0.25) is 0 Å². The van der Waals surface area contributed by atoms with Crippen LogP contribution in [0.15, 0.2) is 59.5 Å². The minimum Gasteiger partial charge on any atom is -0.483 e. The molecular formula is C30H32F2N3O7P. The summed E-state index contributed by atoms with van der Waals surface area (Å²) in [4.78, 5) is 62.0. The number of halogens is 2. The molecule has 5 rings (SSSR count). The standard InChI is InChI=1S/C30H32F2N3O7P/c1-30-10-5-11-34(12-13-43(39,40)41)24(30)17-35-16-22(29(38)33-15-20-8-9-21(31)14-23(20)32)26(36)27(25(35)28(30)37)42-18-19-6-3-2-4-7-19/h2-4,6-9,14,16,24H,5,10-13,15,17-18H2,1H3,(H,33,38)(H2,39,40,41)/t24-,30-/m0/s1. The number of hydrogen-bond donors (Lipinski definition) is 3. The van der Waals surface area contributed by atoms with E-state index in [1.54, 1.807) is 31.2 Å². The number of ether oxygens (including phenoxy) is 1. The van der Waals surface area contributed by atoms with E-state index < -0.39 is 42.0 Å². The second-order valence-corrected chi connectivity index (χ2v) is 13.0. The van der Waals surface area contributed by atoms with Crippen LogP contribution in [0.1, 0.15) is 51.7 Å². The number of carbonyl (C=O) groups excluding carboxylic acids is 2. The van der Waals surface area contributed by atoms with E-state index in [0.717, 1.165) is 11.6 Å². The molecule has 1 amide bonds. The molecule has 0 spiro atoms. The summed E-state index contributed by atoms with van der Waals surface area (Å²) in [7, 11) is -4.29. The highest BCUT2D eigenvalue weighted by atomic mass is 31.2. The SMILES string of the molecule is C[C@]12CCCN(CCP(=O)(O)O)[C@H]1Cn1cc(C(=O)NCc3ccc(F)cc3F)c(=O)c(OCc3ccccc3)c1C2=O. The van der Waals surface area contributed by atoms with Crippen molar-refractivity contribution in [1.82, 2.24) is 14.8 Å². The van der Waals surface area contributed by atoms with Crippen molar-refractivity contribution in [3.05, 3.63) is 99.0 Å². The van der Waals surface area contributed by atoms with Gasteiger partial charge in [-0.25, -0.2) is 8.78 Å². The zero-order valence-corrected chi connectivity index (χ0v) is 24.4. The third-order valence-corrected chi connectivity index (χ3v) is 9.05. The Morgan fingerprint density at radius 2 is 1.91 bits per heavy atom. The molecule has 1 fully saturated rings. The average molecular weight is 616 g/mol. The molecule has 0 unspecified atom stereocenters. The number of nitrogens with one attached hydrogen (secondary N) is 1. The fraction of sp³-hybridized carbons (Fsp3) is 0.367. The fourth-order valence-corrected chi connectivity index (χ4v) is 6.44. The molecule has 0 saturated carbocycles. The van der Waals surface area contributed by atoms with Crippen molar-refractivity contribution in [3.63, 3.8) is 0 Å². The molecule has 1 saturated heterocycles. The maximum Gasteiger partial charge on any atom is 0.326 e. The molecular weight excluding hydrogens is 583 g/mol. The van der Waals surface area contributed by atoms with Gasteiger partial charge in [0.1, 0.15) is 29.5 Å². The Bertz CT molecular complexity index is 1660. The average Bonchev–Trinajstić information content (AvgIpc) is 2.96. The van der Waals surface area contributed by atoms with Crippen LogP contribution in [0.3, 0.4) is 0 Å². The van der Waals surface area contributed by atoms with Gasteiger partial charge in [-0.05, 0) is 31.0 Å². The van der Waals surface area contributed by atoms with Gasteiger partial charge in [-0.3, -0.25) is 23.8 Å². The lowest BCUT2D eigenvalue weighted by molar-refractivity contribution is 0.00963. The van der Waals surface area contributed by atoms with E-state index in [1.165, 1.54) is 16.8 Å². The third-order valence-electron chi connectivity index (χ3n) is 8.26. The second-order valence-electron chi connectivity index (χ2n) is 11.2. The van der Waals surface area contributed by atoms with Crippen LogP contribution in [-0.2, 0) is 24.3 Å². The number of fused-ring (bicyclic) bond motifs is 2. The molecule has 0 radical (unpaired) electrons. The summed E-state index contributed by atoms with van der Waals surface area (Å²) in [5.41, 5.74) is -1.32. The fourth-order valence-electron chi connectivity index (χ4n) is 5.92. The monoisotopic (exact) mass is 615 g/mol. The normalized spacial score (nSPS) is 20.3. The number of hydrogen-bond acceptors (Lipinski definition) is 6. The number of pyridine rings is 1. The van der Waals surface area contributed by atoms with Gasteiger partial charge in [-0.1, -0.05) is 43.3 Å². The number of aromatic nitrogens is 1. The van der Waals surface area contributed by atoms with E-state index in [-0.39, 0.29) is 60.8 Å². The Morgan fingerprint density at radius 1 is 1.16 bits per heavy atom. The van der Waals surface area contributed by atoms with Crippen LogP contribution in [0, 0.1) is 17.0 Å². The summed E-state index contributed by atoms with van der Waals surface area (Å²) in [5.74, 6) is -3.09. The zero-order valence-electron chi connectivity index (χ0n) is 23.5. The van der Waals surface area contributed by atoms with E-state index in [1.807, 2.05) is 11.0 Å². The molecule has 3 N–H and O–H groups in total. The number of Topliss-reactive ketones (excluding diaryl/α,β-unsaturated/α-hetero) is 1. The first-order valence-electron chi connectivity index (χ1n) is 13.9. The Morgan fingerprint density at radius 3 is 2.60 bits per heavy atom. The van der Waals surface area contributed by atoms with Gasteiger partial charge in [0.05, 0.1) is 6.16 Å². The third kappa shape index (κ3) is 6.47. The quantitative estimate of drug-likeness (QED) is 0.311. The first-order valence-corrected chi connectivity index (χ1v) is 15.7. The van der Waals surface area contributed by atoms with Crippen LogP contribution < -0.4 is 15.5 Å². The van der Waals surface area contributed by atoms with Crippen molar-refractivity contribution in [2.45, 2.75) is 45.5 Å². The number of rotatable bonds is 9. The van der Waals surface area contributed by atoms with Crippen LogP contribution in [0.4, 0.5) is 8.78 Å². The van der Waals surface area contributed by atoms with Gasteiger partial charge in [0.2, 0.25) is 5.43 Å². The molecule has 0 bridgehead atoms. The summed E-state index contributed by atoms with van der Waals surface area (Å²) in [5, 5.41) is 2.49. The molecule has 10 nitrogen and oxygen atoms in total. The molecule has 13 heteroatoms. The van der Waals surface area contributed by atoms with Crippen molar-refractivity contribution >= 4 is 19.3 Å². The Kier molecular flexibility index (Phi) is 8.67. The molecule has 43 heavy (non-hydrogen) atoms. The van der Waals surface area contributed by atoms with E-state index >= 15 is 0 Å². The van der Waals surface area contributed by atoms with Crippen LogP contribution >= 0.6 is 7.60 Å². The van der Waals surface area contributed by atoms with E-state index in [9.17, 15) is 37.5 Å². The van der Waals surface area contributed by atoms with Gasteiger partial charge in [-0.2, -0.15) is 0 Å². The van der Waals surface area contributed by atoms with Crippen molar-refractivity contribution in [2.24, 2.45) is 5.41 Å². The molecule has 2 aliphatic heterocycles. The van der Waals surface area contributed by atoms with Gasteiger partial charge in [-0.15, -0.1) is 0 Å². The number of piperidine rings is 1. The highest BCUT2D eigenvalue weighted by molar-refractivity contribution is 7.51. The molecule has 228 valence electrons. The lowest BCUT2D eigenvalue weighted by Gasteiger charge is -2.50. The Balaban J connectivity index is 1.53. The lowest BCUT2D eigenvalue weighted by atomic mass is 9.68. The first kappa shape index (κ1) is 30.7. The molecule has 2 aliphatic rings. The molecule has 2 aromatic carbocycles. The minimum absolute atomic E-state index is 0.0159. The summed E-state index contributed by atoms with van der Waals surface area (Å²) < 4.78 is 46.6. The van der Waals surface area contributed by atoms with Gasteiger partial charge in [0, 0.05) is 48.9 Å². The van der Waals surface area contributed by atoms with E-state index in [4.69, 9.17) is 4.74 Å². The lowest BCUT2D eigenvalue weighted by Crippen LogP contribution is -2.60. The van der Waals surface area contributed by atoms with Crippen molar-refractivity contribution < 1.29 is 37.5 Å². The smallest absolute Gasteiger partial charge is 0.326 e. The van der Waals surface area contributed by atoms with Crippen molar-refractivity contribution in [3.8, 4) is 5.75 Å². The second kappa shape index (κ2) is 12.1. The Hall–Kier alpha value is -3.70. The highest BCUT2D eigenvalue weighted by Crippen LogP contribution is 2.45. The van der Waals surface area contributed by atoms with Crippen LogP contribution in [0.25, 0.3) is 0 Å². The zero-order chi connectivity index (χ0) is 30.9. The van der Waals surface area contributed by atoms with Gasteiger partial charge < -0.3 is 24.4 Å². The number of carbonyl (C=O) groups is 2. The highest BCUT2D eigenvalue weighted by Gasteiger charge is 2.52. The number of ketones is 1. The van der Waals surface area contributed by atoms with Gasteiger partial charge in [0.25, 0.3) is 5.91 Å². The van der Waals surface area contributed by atoms with Crippen LogP contribution in [0.5, 0.6) is 5.75 Å². The van der Waals surface area contributed by atoms with Crippen LogP contribution in [-0.4, -0.2) is 56.2 Å². The van der Waals surface area contributed by atoms with Crippen molar-refractivity contribution in [1.29, 1.82) is 0 Å². The number of benzene rings is 2.